The first-order chi connectivity index (χ1) is 10.4. The number of likely N-dealkylation sites (N-methyl/N-ethyl adjacent to an activating group) is 1. The molecule has 1 heterocycles. The van der Waals surface area contributed by atoms with Crippen LogP contribution in [0.5, 0.6) is 0 Å². The minimum absolute atomic E-state index is 0.0426. The highest BCUT2D eigenvalue weighted by atomic mass is 32.1. The third kappa shape index (κ3) is 6.71. The predicted molar refractivity (Wildman–Crippen MR) is 92.1 cm³/mol. The molecule has 1 amide bonds. The summed E-state index contributed by atoms with van der Waals surface area (Å²) in [6.45, 7) is 9.20. The number of carbonyl (C=O) groups excluding carboxylic acids is 1. The Hall–Kier alpha value is -1.89. The Morgan fingerprint density at radius 2 is 2.18 bits per heavy atom. The smallest absolute Gasteiger partial charge is 0.243 e. The average Bonchev–Trinajstić information content (AvgIpc) is 2.93. The molecular weight excluding hydrogens is 298 g/mol. The maximum Gasteiger partial charge on any atom is 0.243 e. The fraction of sp³-hybridized carbons (Fsp3) is 0.533. The van der Waals surface area contributed by atoms with Gasteiger partial charge in [0.2, 0.25) is 5.91 Å². The van der Waals surface area contributed by atoms with Crippen LogP contribution in [0.15, 0.2) is 23.3 Å². The molecule has 0 saturated carbocycles. The quantitative estimate of drug-likeness (QED) is 0.452. The van der Waals surface area contributed by atoms with Crippen molar-refractivity contribution in [1.29, 1.82) is 0 Å². The minimum Gasteiger partial charge on any atom is -0.353 e. The van der Waals surface area contributed by atoms with Gasteiger partial charge in [-0.3, -0.25) is 4.79 Å². The van der Waals surface area contributed by atoms with Crippen LogP contribution in [0.25, 0.3) is 0 Å². The van der Waals surface area contributed by atoms with Gasteiger partial charge in [-0.15, -0.1) is 11.3 Å². The molecule has 0 aliphatic carbocycles. The average molecular weight is 323 g/mol. The molecule has 0 spiro atoms. The molecule has 22 heavy (non-hydrogen) atoms. The number of hydrogen-bond donors (Lipinski definition) is 2. The van der Waals surface area contributed by atoms with Crippen LogP contribution >= 0.6 is 11.3 Å². The van der Waals surface area contributed by atoms with Crippen LogP contribution in [0.3, 0.4) is 0 Å². The second kappa shape index (κ2) is 9.19. The standard InChI is InChI=1S/C15H25N5OS/c1-6-12-8-16-13(22-12)9-18-15(17-7-11(2)3)19-10-14(21)20(4)5/h8H,2,6-7,9-10H2,1,3-5H3,(H2,17,18,19). The Morgan fingerprint density at radius 3 is 2.73 bits per heavy atom. The van der Waals surface area contributed by atoms with E-state index in [4.69, 9.17) is 0 Å². The van der Waals surface area contributed by atoms with E-state index in [1.54, 1.807) is 25.4 Å². The number of amides is 1. The first kappa shape index (κ1) is 18.2. The van der Waals surface area contributed by atoms with Crippen LogP contribution in [-0.2, 0) is 17.8 Å². The second-order valence-corrected chi connectivity index (χ2v) is 6.39. The molecule has 7 heteroatoms. The van der Waals surface area contributed by atoms with Crippen molar-refractivity contribution in [3.63, 3.8) is 0 Å². The topological polar surface area (TPSA) is 69.6 Å². The highest BCUT2D eigenvalue weighted by Gasteiger charge is 2.06. The normalized spacial score (nSPS) is 11.2. The highest BCUT2D eigenvalue weighted by molar-refractivity contribution is 7.11. The number of aliphatic imine (C=N–C) groups is 1. The molecule has 1 rings (SSSR count). The second-order valence-electron chi connectivity index (χ2n) is 5.19. The van der Waals surface area contributed by atoms with Crippen molar-refractivity contribution < 1.29 is 4.79 Å². The van der Waals surface area contributed by atoms with E-state index in [1.165, 1.54) is 9.78 Å². The Kier molecular flexibility index (Phi) is 7.59. The number of aryl methyl sites for hydroxylation is 1. The summed E-state index contributed by atoms with van der Waals surface area (Å²) in [6.07, 6.45) is 2.89. The third-order valence-corrected chi connectivity index (χ3v) is 3.93. The molecule has 0 fully saturated rings. The minimum atomic E-state index is -0.0426. The summed E-state index contributed by atoms with van der Waals surface area (Å²) in [4.78, 5) is 23.1. The van der Waals surface area contributed by atoms with Gasteiger partial charge in [0.1, 0.15) is 11.6 Å². The molecule has 0 aliphatic heterocycles. The molecule has 0 saturated heterocycles. The summed E-state index contributed by atoms with van der Waals surface area (Å²) in [5, 5.41) is 7.35. The number of aromatic nitrogens is 1. The zero-order valence-electron chi connectivity index (χ0n) is 13.8. The predicted octanol–water partition coefficient (Wildman–Crippen LogP) is 1.41. The maximum absolute atomic E-state index is 11.6. The van der Waals surface area contributed by atoms with Crippen molar-refractivity contribution in [2.45, 2.75) is 26.8 Å². The van der Waals surface area contributed by atoms with Gasteiger partial charge in [-0.05, 0) is 13.3 Å². The van der Waals surface area contributed by atoms with Crippen molar-refractivity contribution in [2.75, 3.05) is 27.2 Å². The van der Waals surface area contributed by atoms with Gasteiger partial charge in [-0.25, -0.2) is 9.98 Å². The monoisotopic (exact) mass is 323 g/mol. The molecule has 0 aromatic carbocycles. The summed E-state index contributed by atoms with van der Waals surface area (Å²) in [6, 6.07) is 0. The summed E-state index contributed by atoms with van der Waals surface area (Å²) >= 11 is 1.68. The van der Waals surface area contributed by atoms with E-state index in [0.29, 0.717) is 19.0 Å². The summed E-state index contributed by atoms with van der Waals surface area (Å²) < 4.78 is 0. The maximum atomic E-state index is 11.6. The number of nitrogens with zero attached hydrogens (tertiary/aromatic N) is 3. The van der Waals surface area contributed by atoms with E-state index >= 15 is 0 Å². The van der Waals surface area contributed by atoms with Crippen LogP contribution < -0.4 is 10.6 Å². The molecule has 122 valence electrons. The van der Waals surface area contributed by atoms with Crippen LogP contribution in [0.4, 0.5) is 0 Å². The molecule has 0 radical (unpaired) electrons. The van der Waals surface area contributed by atoms with Gasteiger partial charge in [0.25, 0.3) is 0 Å². The number of guanidine groups is 1. The molecule has 1 aromatic rings. The number of hydrogen-bond acceptors (Lipinski definition) is 4. The number of thiazole rings is 1. The van der Waals surface area contributed by atoms with Crippen molar-refractivity contribution in [3.05, 3.63) is 28.2 Å². The number of carbonyl (C=O) groups is 1. The lowest BCUT2D eigenvalue weighted by molar-refractivity contribution is -0.127. The first-order valence-electron chi connectivity index (χ1n) is 7.22. The lowest BCUT2D eigenvalue weighted by atomic mass is 10.3. The Morgan fingerprint density at radius 1 is 1.45 bits per heavy atom. The molecule has 1 aromatic heterocycles. The van der Waals surface area contributed by atoms with E-state index < -0.39 is 0 Å². The Balaban J connectivity index is 2.62. The summed E-state index contributed by atoms with van der Waals surface area (Å²) in [5.41, 5.74) is 0.996. The van der Waals surface area contributed by atoms with Crippen LogP contribution in [0.1, 0.15) is 23.7 Å². The molecule has 0 atom stereocenters. The largest absolute Gasteiger partial charge is 0.353 e. The van der Waals surface area contributed by atoms with Gasteiger partial charge in [0.05, 0.1) is 6.54 Å². The van der Waals surface area contributed by atoms with E-state index in [0.717, 1.165) is 17.0 Å². The van der Waals surface area contributed by atoms with Gasteiger partial charge in [0, 0.05) is 31.7 Å². The fourth-order valence-electron chi connectivity index (χ4n) is 1.45. The van der Waals surface area contributed by atoms with Gasteiger partial charge in [-0.1, -0.05) is 19.1 Å². The van der Waals surface area contributed by atoms with E-state index in [9.17, 15) is 4.79 Å². The molecule has 0 bridgehead atoms. The molecule has 6 nitrogen and oxygen atoms in total. The SMILES string of the molecule is C=C(C)CNC(=NCC(=O)N(C)C)NCc1ncc(CC)s1. The third-order valence-electron chi connectivity index (χ3n) is 2.79. The van der Waals surface area contributed by atoms with Crippen LogP contribution in [-0.4, -0.2) is 48.9 Å². The van der Waals surface area contributed by atoms with Crippen molar-refractivity contribution in [2.24, 2.45) is 4.99 Å². The van der Waals surface area contributed by atoms with Crippen LogP contribution in [0.2, 0.25) is 0 Å². The van der Waals surface area contributed by atoms with Gasteiger partial charge in [0.15, 0.2) is 5.96 Å². The zero-order chi connectivity index (χ0) is 16.5. The summed E-state index contributed by atoms with van der Waals surface area (Å²) in [5.74, 6) is 0.547. The Labute approximate surface area is 136 Å². The van der Waals surface area contributed by atoms with E-state index in [-0.39, 0.29) is 12.5 Å². The zero-order valence-corrected chi connectivity index (χ0v) is 14.6. The lowest BCUT2D eigenvalue weighted by Crippen LogP contribution is -2.38. The van der Waals surface area contributed by atoms with Crippen molar-refractivity contribution >= 4 is 23.2 Å². The molecule has 0 unspecified atom stereocenters. The number of rotatable bonds is 7. The van der Waals surface area contributed by atoms with E-state index in [1.807, 2.05) is 13.1 Å². The fourth-order valence-corrected chi connectivity index (χ4v) is 2.25. The summed E-state index contributed by atoms with van der Waals surface area (Å²) in [7, 11) is 3.43. The molecule has 0 aliphatic rings. The Bertz CT molecular complexity index is 536. The highest BCUT2D eigenvalue weighted by Crippen LogP contribution is 2.12. The molecule has 2 N–H and O–H groups in total. The van der Waals surface area contributed by atoms with E-state index in [2.05, 4.69) is 34.1 Å². The van der Waals surface area contributed by atoms with Gasteiger partial charge >= 0.3 is 0 Å². The van der Waals surface area contributed by atoms with Crippen molar-refractivity contribution in [1.82, 2.24) is 20.5 Å². The number of nitrogens with one attached hydrogen (secondary N) is 2. The van der Waals surface area contributed by atoms with Gasteiger partial charge in [-0.2, -0.15) is 0 Å². The van der Waals surface area contributed by atoms with Crippen LogP contribution in [0, 0.1) is 0 Å². The van der Waals surface area contributed by atoms with Gasteiger partial charge < -0.3 is 15.5 Å². The van der Waals surface area contributed by atoms with Crippen molar-refractivity contribution in [3.8, 4) is 0 Å². The molecular formula is C15H25N5OS. The lowest BCUT2D eigenvalue weighted by Gasteiger charge is -2.13. The first-order valence-corrected chi connectivity index (χ1v) is 8.04.